The highest BCUT2D eigenvalue weighted by Crippen LogP contribution is 2.38. The van der Waals surface area contributed by atoms with Gasteiger partial charge in [0.25, 0.3) is 5.91 Å². The molecule has 0 fully saturated rings. The topological polar surface area (TPSA) is 115 Å². The predicted octanol–water partition coefficient (Wildman–Crippen LogP) is -0.421. The Kier molecular flexibility index (Phi) is 3.83. The average Bonchev–Trinajstić information content (AvgIpc) is 2.83. The SMILES string of the molecule is COc1cc(C(=O)n2[nH]c(=O)[nH]c2=O)cc(OC)c1OC. The number of H-pyrrole nitrogens is 2. The minimum atomic E-state index is -0.862. The lowest BCUT2D eigenvalue weighted by Gasteiger charge is -2.13. The number of hydrogen-bond acceptors (Lipinski definition) is 6. The van der Waals surface area contributed by atoms with E-state index < -0.39 is 17.3 Å². The zero-order valence-electron chi connectivity index (χ0n) is 11.6. The summed E-state index contributed by atoms with van der Waals surface area (Å²) in [6.45, 7) is 0. The van der Waals surface area contributed by atoms with Crippen molar-refractivity contribution in [2.24, 2.45) is 0 Å². The van der Waals surface area contributed by atoms with Crippen LogP contribution in [0.3, 0.4) is 0 Å². The molecule has 0 unspecified atom stereocenters. The maximum atomic E-state index is 12.2. The summed E-state index contributed by atoms with van der Waals surface area (Å²) < 4.78 is 15.9. The highest BCUT2D eigenvalue weighted by molar-refractivity contribution is 5.96. The lowest BCUT2D eigenvalue weighted by Crippen LogP contribution is -2.26. The monoisotopic (exact) mass is 295 g/mol. The van der Waals surface area contributed by atoms with Gasteiger partial charge in [0.05, 0.1) is 21.3 Å². The van der Waals surface area contributed by atoms with Gasteiger partial charge in [0.2, 0.25) is 5.75 Å². The van der Waals surface area contributed by atoms with Crippen LogP contribution in [0.1, 0.15) is 10.4 Å². The third-order valence-corrected chi connectivity index (χ3v) is 2.75. The summed E-state index contributed by atoms with van der Waals surface area (Å²) in [5, 5.41) is 2.08. The first-order chi connectivity index (χ1) is 10.0. The molecule has 0 aliphatic heterocycles. The van der Waals surface area contributed by atoms with Crippen molar-refractivity contribution in [2.45, 2.75) is 0 Å². The molecule has 9 nitrogen and oxygen atoms in total. The van der Waals surface area contributed by atoms with Gasteiger partial charge in [-0.3, -0.25) is 9.78 Å². The van der Waals surface area contributed by atoms with E-state index in [4.69, 9.17) is 14.2 Å². The van der Waals surface area contributed by atoms with Crippen LogP contribution in [-0.4, -0.2) is 42.0 Å². The summed E-state index contributed by atoms with van der Waals surface area (Å²) >= 11 is 0. The lowest BCUT2D eigenvalue weighted by atomic mass is 10.1. The second-order valence-corrected chi connectivity index (χ2v) is 3.93. The standard InChI is InChI=1S/C12H13N3O6/c1-19-7-4-6(5-8(20-2)9(7)21-3)10(16)15-12(18)13-11(17)14-15/h4-5H,1-3H3,(H2,13,14,17,18). The maximum absolute atomic E-state index is 12.2. The van der Waals surface area contributed by atoms with Crippen LogP contribution in [0.25, 0.3) is 0 Å². The van der Waals surface area contributed by atoms with Crippen molar-refractivity contribution in [1.29, 1.82) is 0 Å². The van der Waals surface area contributed by atoms with Gasteiger partial charge in [0.15, 0.2) is 11.5 Å². The molecule has 0 saturated heterocycles. The first-order valence-electron chi connectivity index (χ1n) is 5.78. The minimum Gasteiger partial charge on any atom is -0.493 e. The van der Waals surface area contributed by atoms with Gasteiger partial charge >= 0.3 is 11.4 Å². The van der Waals surface area contributed by atoms with E-state index in [0.29, 0.717) is 10.4 Å². The Morgan fingerprint density at radius 2 is 1.62 bits per heavy atom. The summed E-state index contributed by atoms with van der Waals surface area (Å²) in [7, 11) is 4.22. The summed E-state index contributed by atoms with van der Waals surface area (Å²) in [4.78, 5) is 36.7. The van der Waals surface area contributed by atoms with Gasteiger partial charge in [0.1, 0.15) is 0 Å². The fourth-order valence-corrected chi connectivity index (χ4v) is 1.81. The summed E-state index contributed by atoms with van der Waals surface area (Å²) in [5.41, 5.74) is -1.55. The molecule has 0 aliphatic carbocycles. The van der Waals surface area contributed by atoms with Crippen LogP contribution in [0.2, 0.25) is 0 Å². The Labute approximate surface area is 118 Å². The zero-order chi connectivity index (χ0) is 15.6. The molecule has 1 aromatic carbocycles. The highest BCUT2D eigenvalue weighted by atomic mass is 16.5. The minimum absolute atomic E-state index is 0.0850. The van der Waals surface area contributed by atoms with Gasteiger partial charge in [-0.15, -0.1) is 0 Å². The number of rotatable bonds is 4. The molecule has 0 amide bonds. The van der Waals surface area contributed by atoms with Crippen LogP contribution in [0.5, 0.6) is 17.2 Å². The van der Waals surface area contributed by atoms with Crippen molar-refractivity contribution >= 4 is 5.91 Å². The molecule has 112 valence electrons. The van der Waals surface area contributed by atoms with Gasteiger partial charge in [-0.05, 0) is 12.1 Å². The van der Waals surface area contributed by atoms with E-state index in [2.05, 4.69) is 5.10 Å². The molecule has 0 saturated carbocycles. The van der Waals surface area contributed by atoms with Gasteiger partial charge in [0, 0.05) is 5.56 Å². The fourth-order valence-electron chi connectivity index (χ4n) is 1.81. The normalized spacial score (nSPS) is 10.2. The molecule has 2 aromatic rings. The van der Waals surface area contributed by atoms with Gasteiger partial charge < -0.3 is 14.2 Å². The number of aromatic amines is 2. The van der Waals surface area contributed by atoms with Crippen molar-refractivity contribution in [2.75, 3.05) is 21.3 Å². The lowest BCUT2D eigenvalue weighted by molar-refractivity contribution is 0.0939. The van der Waals surface area contributed by atoms with Crippen molar-refractivity contribution in [3.63, 3.8) is 0 Å². The van der Waals surface area contributed by atoms with E-state index in [9.17, 15) is 14.4 Å². The van der Waals surface area contributed by atoms with E-state index in [1.807, 2.05) is 4.98 Å². The predicted molar refractivity (Wildman–Crippen MR) is 71.5 cm³/mol. The average molecular weight is 295 g/mol. The molecule has 0 spiro atoms. The van der Waals surface area contributed by atoms with Gasteiger partial charge in [-0.1, -0.05) is 0 Å². The molecule has 9 heteroatoms. The van der Waals surface area contributed by atoms with Crippen molar-refractivity contribution in [1.82, 2.24) is 14.8 Å². The number of carbonyl (C=O) groups is 1. The molecule has 2 rings (SSSR count). The Balaban J connectivity index is 2.59. The Morgan fingerprint density at radius 3 is 2.00 bits per heavy atom. The molecule has 0 aliphatic rings. The number of ether oxygens (including phenoxy) is 3. The molecule has 1 aromatic heterocycles. The number of nitrogens with zero attached hydrogens (tertiary/aromatic N) is 1. The van der Waals surface area contributed by atoms with Gasteiger partial charge in [-0.25, -0.2) is 14.7 Å². The molecular weight excluding hydrogens is 282 g/mol. The Hall–Kier alpha value is -2.97. The van der Waals surface area contributed by atoms with Crippen LogP contribution in [0, 0.1) is 0 Å². The van der Waals surface area contributed by atoms with E-state index in [-0.39, 0.29) is 17.1 Å². The number of nitrogens with one attached hydrogen (secondary N) is 2. The molecule has 2 N–H and O–H groups in total. The van der Waals surface area contributed by atoms with Crippen LogP contribution in [-0.2, 0) is 0 Å². The molecule has 0 bridgehead atoms. The van der Waals surface area contributed by atoms with Gasteiger partial charge in [-0.2, -0.15) is 4.68 Å². The quantitative estimate of drug-likeness (QED) is 0.791. The molecule has 0 atom stereocenters. The second-order valence-electron chi connectivity index (χ2n) is 3.93. The van der Waals surface area contributed by atoms with E-state index in [0.717, 1.165) is 0 Å². The van der Waals surface area contributed by atoms with Crippen LogP contribution < -0.4 is 25.6 Å². The largest absolute Gasteiger partial charge is 0.493 e. The zero-order valence-corrected chi connectivity index (χ0v) is 11.6. The number of hydrogen-bond donors (Lipinski definition) is 2. The van der Waals surface area contributed by atoms with Crippen molar-refractivity contribution in [3.05, 3.63) is 38.7 Å². The maximum Gasteiger partial charge on any atom is 0.351 e. The third-order valence-electron chi connectivity index (χ3n) is 2.75. The first-order valence-corrected chi connectivity index (χ1v) is 5.78. The number of carbonyl (C=O) groups excluding carboxylic acids is 1. The van der Waals surface area contributed by atoms with Crippen molar-refractivity contribution < 1.29 is 19.0 Å². The Bertz CT molecular complexity index is 760. The fraction of sp³-hybridized carbons (Fsp3) is 0.250. The van der Waals surface area contributed by atoms with E-state index >= 15 is 0 Å². The van der Waals surface area contributed by atoms with Crippen LogP contribution in [0.15, 0.2) is 21.7 Å². The molecule has 1 heterocycles. The van der Waals surface area contributed by atoms with Crippen molar-refractivity contribution in [3.8, 4) is 17.2 Å². The molecule has 0 radical (unpaired) electrons. The summed E-state index contributed by atoms with van der Waals surface area (Å²) in [6, 6.07) is 2.75. The van der Waals surface area contributed by atoms with E-state index in [1.165, 1.54) is 33.5 Å². The summed E-state index contributed by atoms with van der Waals surface area (Å²) in [5.74, 6) is 0.0846. The number of aromatic nitrogens is 3. The smallest absolute Gasteiger partial charge is 0.351 e. The van der Waals surface area contributed by atoms with E-state index in [1.54, 1.807) is 0 Å². The number of benzene rings is 1. The first kappa shape index (κ1) is 14.4. The van der Waals surface area contributed by atoms with Crippen LogP contribution >= 0.6 is 0 Å². The van der Waals surface area contributed by atoms with Crippen LogP contribution in [0.4, 0.5) is 0 Å². The number of methoxy groups -OCH3 is 3. The molecular formula is C12H13N3O6. The second kappa shape index (κ2) is 5.57. The Morgan fingerprint density at radius 1 is 1.05 bits per heavy atom. The third kappa shape index (κ3) is 2.53. The highest BCUT2D eigenvalue weighted by Gasteiger charge is 2.19. The molecule has 21 heavy (non-hydrogen) atoms. The summed E-state index contributed by atoms with van der Waals surface area (Å²) in [6.07, 6.45) is 0.